The second-order valence-corrected chi connectivity index (χ2v) is 6.67. The molecule has 3 nitrogen and oxygen atoms in total. The summed E-state index contributed by atoms with van der Waals surface area (Å²) in [5.41, 5.74) is 1.25. The summed E-state index contributed by atoms with van der Waals surface area (Å²) in [6, 6.07) is 12.0. The van der Waals surface area contributed by atoms with Crippen LogP contribution in [0.15, 0.2) is 53.4 Å². The smallest absolute Gasteiger partial charge is 0.261 e. The molecule has 0 spiro atoms. The number of alkyl halides is 1. The van der Waals surface area contributed by atoms with Crippen molar-refractivity contribution in [3.8, 4) is 0 Å². The van der Waals surface area contributed by atoms with E-state index in [0.717, 1.165) is 23.4 Å². The molecule has 0 heterocycles. The van der Waals surface area contributed by atoms with E-state index in [4.69, 9.17) is 0 Å². The van der Waals surface area contributed by atoms with Crippen molar-refractivity contribution in [2.45, 2.75) is 11.3 Å². The van der Waals surface area contributed by atoms with Gasteiger partial charge in [0, 0.05) is 5.33 Å². The summed E-state index contributed by atoms with van der Waals surface area (Å²) in [6.45, 7) is 0. The zero-order valence-corrected chi connectivity index (χ0v) is 12.9. The number of sulfonamides is 1. The van der Waals surface area contributed by atoms with Crippen LogP contribution in [0.1, 0.15) is 5.56 Å². The van der Waals surface area contributed by atoms with Crippen LogP contribution >= 0.6 is 15.9 Å². The first-order valence-electron chi connectivity index (χ1n) is 5.94. The van der Waals surface area contributed by atoms with Crippen LogP contribution in [0.4, 0.5) is 10.1 Å². The number of halogens is 2. The lowest BCUT2D eigenvalue weighted by Gasteiger charge is -2.08. The summed E-state index contributed by atoms with van der Waals surface area (Å²) >= 11 is 3.33. The van der Waals surface area contributed by atoms with Gasteiger partial charge in [-0.25, -0.2) is 12.8 Å². The third kappa shape index (κ3) is 3.80. The third-order valence-electron chi connectivity index (χ3n) is 2.69. The minimum Gasteiger partial charge on any atom is -0.280 e. The predicted octanol–water partition coefficient (Wildman–Crippen LogP) is 3.56. The second-order valence-electron chi connectivity index (χ2n) is 4.20. The predicted molar refractivity (Wildman–Crippen MR) is 81.1 cm³/mol. The van der Waals surface area contributed by atoms with Gasteiger partial charge in [-0.3, -0.25) is 4.72 Å². The molecule has 0 aliphatic rings. The lowest BCUT2D eigenvalue weighted by Crippen LogP contribution is -2.13. The Balaban J connectivity index is 2.21. The van der Waals surface area contributed by atoms with Gasteiger partial charge in [-0.05, 0) is 42.3 Å². The number of benzene rings is 2. The highest BCUT2D eigenvalue weighted by Gasteiger charge is 2.14. The lowest BCUT2D eigenvalue weighted by molar-refractivity contribution is 0.601. The summed E-state index contributed by atoms with van der Waals surface area (Å²) in [6.07, 6.45) is 0.831. The zero-order chi connectivity index (χ0) is 14.6. The van der Waals surface area contributed by atoms with Gasteiger partial charge in [0.25, 0.3) is 10.0 Å². The number of rotatable bonds is 5. The molecular formula is C14H13BrFNO2S. The third-order valence-corrected chi connectivity index (χ3v) is 4.49. The van der Waals surface area contributed by atoms with E-state index in [1.165, 1.54) is 18.2 Å². The summed E-state index contributed by atoms with van der Waals surface area (Å²) in [5, 5.41) is 0.820. The fourth-order valence-corrected chi connectivity index (χ4v) is 3.22. The van der Waals surface area contributed by atoms with Crippen molar-refractivity contribution in [2.24, 2.45) is 0 Å². The molecule has 2 aromatic carbocycles. The van der Waals surface area contributed by atoms with Gasteiger partial charge in [0.15, 0.2) is 0 Å². The Morgan fingerprint density at radius 1 is 1.10 bits per heavy atom. The van der Waals surface area contributed by atoms with E-state index in [1.807, 2.05) is 0 Å². The largest absolute Gasteiger partial charge is 0.280 e. The molecule has 0 atom stereocenters. The van der Waals surface area contributed by atoms with E-state index in [0.29, 0.717) is 0 Å². The highest BCUT2D eigenvalue weighted by atomic mass is 79.9. The standard InChI is InChI=1S/C14H13BrFNO2S/c15-9-8-11-4-6-14(7-5-11)20(18,19)17-13-3-1-2-12(16)10-13/h1-7,10,17H,8-9H2. The fourth-order valence-electron chi connectivity index (χ4n) is 1.71. The maximum absolute atomic E-state index is 13.0. The van der Waals surface area contributed by atoms with Gasteiger partial charge in [-0.2, -0.15) is 0 Å². The van der Waals surface area contributed by atoms with Crippen molar-refractivity contribution in [3.63, 3.8) is 0 Å². The van der Waals surface area contributed by atoms with E-state index in [-0.39, 0.29) is 10.6 Å². The Hall–Kier alpha value is -1.40. The Kier molecular flexibility index (Phi) is 4.77. The molecule has 0 aliphatic carbocycles. The zero-order valence-electron chi connectivity index (χ0n) is 10.5. The molecule has 2 rings (SSSR count). The molecule has 0 unspecified atom stereocenters. The average Bonchev–Trinajstić information content (AvgIpc) is 2.39. The van der Waals surface area contributed by atoms with Gasteiger partial charge in [-0.15, -0.1) is 0 Å². The topological polar surface area (TPSA) is 46.2 Å². The molecule has 0 saturated carbocycles. The number of hydrogen-bond acceptors (Lipinski definition) is 2. The molecule has 0 amide bonds. The first-order valence-corrected chi connectivity index (χ1v) is 8.55. The van der Waals surface area contributed by atoms with Crippen LogP contribution in [-0.2, 0) is 16.4 Å². The van der Waals surface area contributed by atoms with Crippen LogP contribution in [0.5, 0.6) is 0 Å². The van der Waals surface area contributed by atoms with Crippen LogP contribution < -0.4 is 4.72 Å². The van der Waals surface area contributed by atoms with Crippen molar-refractivity contribution in [1.82, 2.24) is 0 Å². The molecule has 0 saturated heterocycles. The molecule has 0 aromatic heterocycles. The minimum absolute atomic E-state index is 0.153. The quantitative estimate of drug-likeness (QED) is 0.831. The highest BCUT2D eigenvalue weighted by molar-refractivity contribution is 9.09. The first kappa shape index (κ1) is 15.0. The van der Waals surface area contributed by atoms with Crippen LogP contribution in [-0.4, -0.2) is 13.7 Å². The minimum atomic E-state index is -3.69. The summed E-state index contributed by atoms with van der Waals surface area (Å²) in [4.78, 5) is 0.153. The number of hydrogen-bond donors (Lipinski definition) is 1. The molecule has 0 bridgehead atoms. The van der Waals surface area contributed by atoms with Gasteiger partial charge in [0.2, 0.25) is 0 Å². The van der Waals surface area contributed by atoms with Crippen molar-refractivity contribution in [1.29, 1.82) is 0 Å². The van der Waals surface area contributed by atoms with E-state index in [9.17, 15) is 12.8 Å². The molecule has 2 aromatic rings. The van der Waals surface area contributed by atoms with E-state index < -0.39 is 15.8 Å². The van der Waals surface area contributed by atoms with Gasteiger partial charge in [0.1, 0.15) is 5.82 Å². The Morgan fingerprint density at radius 3 is 2.40 bits per heavy atom. The molecular weight excluding hydrogens is 345 g/mol. The summed E-state index contributed by atoms with van der Waals surface area (Å²) in [5.74, 6) is -0.488. The molecule has 20 heavy (non-hydrogen) atoms. The van der Waals surface area contributed by atoms with Crippen molar-refractivity contribution >= 4 is 31.6 Å². The van der Waals surface area contributed by atoms with Gasteiger partial charge in [0.05, 0.1) is 10.6 Å². The van der Waals surface area contributed by atoms with E-state index in [1.54, 1.807) is 24.3 Å². The Morgan fingerprint density at radius 2 is 1.80 bits per heavy atom. The molecule has 0 fully saturated rings. The van der Waals surface area contributed by atoms with Crippen molar-refractivity contribution < 1.29 is 12.8 Å². The van der Waals surface area contributed by atoms with E-state index >= 15 is 0 Å². The summed E-state index contributed by atoms with van der Waals surface area (Å²) < 4.78 is 39.7. The Bertz CT molecular complexity index is 687. The Labute approximate surface area is 126 Å². The number of nitrogens with one attached hydrogen (secondary N) is 1. The first-order chi connectivity index (χ1) is 9.51. The number of anilines is 1. The SMILES string of the molecule is O=S(=O)(Nc1cccc(F)c1)c1ccc(CCBr)cc1. The van der Waals surface area contributed by atoms with Crippen molar-refractivity contribution in [3.05, 3.63) is 59.9 Å². The second kappa shape index (κ2) is 6.37. The monoisotopic (exact) mass is 357 g/mol. The lowest BCUT2D eigenvalue weighted by atomic mass is 10.2. The normalized spacial score (nSPS) is 11.3. The van der Waals surface area contributed by atoms with Crippen LogP contribution in [0, 0.1) is 5.82 Å². The van der Waals surface area contributed by atoms with Crippen LogP contribution in [0.3, 0.4) is 0 Å². The van der Waals surface area contributed by atoms with E-state index in [2.05, 4.69) is 20.7 Å². The van der Waals surface area contributed by atoms with Crippen LogP contribution in [0.2, 0.25) is 0 Å². The summed E-state index contributed by atoms with van der Waals surface area (Å²) in [7, 11) is -3.69. The molecule has 6 heteroatoms. The molecule has 0 aliphatic heterocycles. The van der Waals surface area contributed by atoms with Gasteiger partial charge in [-0.1, -0.05) is 34.1 Å². The van der Waals surface area contributed by atoms with Gasteiger partial charge < -0.3 is 0 Å². The molecule has 106 valence electrons. The van der Waals surface area contributed by atoms with Crippen LogP contribution in [0.25, 0.3) is 0 Å². The van der Waals surface area contributed by atoms with Gasteiger partial charge >= 0.3 is 0 Å². The maximum atomic E-state index is 13.0. The van der Waals surface area contributed by atoms with Crippen molar-refractivity contribution in [2.75, 3.05) is 10.1 Å². The fraction of sp³-hybridized carbons (Fsp3) is 0.143. The molecule has 0 radical (unpaired) electrons. The molecule has 1 N–H and O–H groups in total. The maximum Gasteiger partial charge on any atom is 0.261 e. The average molecular weight is 358 g/mol. The number of aryl methyl sites for hydroxylation is 1. The highest BCUT2D eigenvalue weighted by Crippen LogP contribution is 2.17.